The van der Waals surface area contributed by atoms with Crippen molar-refractivity contribution >= 4 is 23.0 Å². The summed E-state index contributed by atoms with van der Waals surface area (Å²) < 4.78 is 0. The maximum absolute atomic E-state index is 11.8. The van der Waals surface area contributed by atoms with Gasteiger partial charge < -0.3 is 9.90 Å². The number of aliphatic carboxylic acids is 1. The molecule has 0 radical (unpaired) electrons. The van der Waals surface area contributed by atoms with Gasteiger partial charge in [-0.3, -0.25) is 4.79 Å². The number of carboxylic acids is 1. The Hall–Kier alpha value is -2.16. The van der Waals surface area contributed by atoms with Gasteiger partial charge in [0.15, 0.2) is 0 Å². The van der Waals surface area contributed by atoms with Gasteiger partial charge >= 0.3 is 5.97 Å². The normalized spacial score (nSPS) is 27.2. The molecule has 2 aromatic carbocycles. The van der Waals surface area contributed by atoms with Gasteiger partial charge in [-0.2, -0.15) is 0 Å². The summed E-state index contributed by atoms with van der Waals surface area (Å²) in [5.74, 6) is -1.58. The third-order valence-electron chi connectivity index (χ3n) is 4.83. The lowest BCUT2D eigenvalue weighted by Gasteiger charge is -2.16. The molecule has 0 aliphatic heterocycles. The highest BCUT2D eigenvalue weighted by molar-refractivity contribution is 5.98. The maximum Gasteiger partial charge on any atom is 0.308 e. The minimum atomic E-state index is -0.931. The van der Waals surface area contributed by atoms with E-state index in [1.54, 1.807) is 0 Å². The van der Waals surface area contributed by atoms with E-state index >= 15 is 0 Å². The first-order valence-corrected chi connectivity index (χ1v) is 6.64. The summed E-state index contributed by atoms with van der Waals surface area (Å²) in [6.07, 6.45) is 0.827. The molecular weight excluding hydrogens is 252 g/mol. The van der Waals surface area contributed by atoms with Crippen LogP contribution in [0.1, 0.15) is 19.4 Å². The molecule has 20 heavy (non-hydrogen) atoms. The van der Waals surface area contributed by atoms with Crippen LogP contribution in [0.4, 0.5) is 0 Å². The van der Waals surface area contributed by atoms with Gasteiger partial charge in [-0.05, 0) is 21.8 Å². The molecule has 2 unspecified atom stereocenters. The minimum absolute atomic E-state index is 0.565. The molecule has 0 saturated heterocycles. The first kappa shape index (κ1) is 12.9. The number of rotatable bonds is 3. The summed E-state index contributed by atoms with van der Waals surface area (Å²) >= 11 is 0. The largest absolute Gasteiger partial charge is 0.481 e. The van der Waals surface area contributed by atoms with E-state index in [1.807, 2.05) is 56.3 Å². The number of hydrogen-bond acceptors (Lipinski definition) is 2. The third-order valence-corrected chi connectivity index (χ3v) is 4.83. The number of aldehydes is 1. The van der Waals surface area contributed by atoms with E-state index in [2.05, 4.69) is 0 Å². The predicted molar refractivity (Wildman–Crippen MR) is 76.6 cm³/mol. The molecule has 2 atom stereocenters. The summed E-state index contributed by atoms with van der Waals surface area (Å²) in [4.78, 5) is 23.3. The smallest absolute Gasteiger partial charge is 0.308 e. The zero-order valence-electron chi connectivity index (χ0n) is 11.5. The van der Waals surface area contributed by atoms with Crippen LogP contribution in [0, 0.1) is 11.3 Å². The predicted octanol–water partition coefficient (Wildman–Crippen LogP) is 3.02. The molecule has 3 nitrogen and oxygen atoms in total. The quantitative estimate of drug-likeness (QED) is 0.870. The number of carboxylic acid groups (broad SMARTS) is 1. The van der Waals surface area contributed by atoms with E-state index in [0.29, 0.717) is 0 Å². The van der Waals surface area contributed by atoms with Crippen molar-refractivity contribution in [3.05, 3.63) is 48.0 Å². The molecule has 0 amide bonds. The topological polar surface area (TPSA) is 54.4 Å². The molecule has 2 aromatic rings. The SMILES string of the molecule is CC1(C)C(C(=O)O)C1(C=O)c1cccc2ccccc12. The van der Waals surface area contributed by atoms with Gasteiger partial charge in [0, 0.05) is 0 Å². The van der Waals surface area contributed by atoms with Gasteiger partial charge in [-0.15, -0.1) is 0 Å². The minimum Gasteiger partial charge on any atom is -0.481 e. The first-order valence-electron chi connectivity index (χ1n) is 6.64. The Kier molecular flexibility index (Phi) is 2.52. The fourth-order valence-electron chi connectivity index (χ4n) is 3.67. The average Bonchev–Trinajstić information content (AvgIpc) is 2.95. The summed E-state index contributed by atoms with van der Waals surface area (Å²) in [7, 11) is 0. The Morgan fingerprint density at radius 2 is 1.80 bits per heavy atom. The van der Waals surface area contributed by atoms with Crippen LogP contribution in [-0.2, 0) is 15.0 Å². The van der Waals surface area contributed by atoms with Crippen LogP contribution in [0.25, 0.3) is 10.8 Å². The Morgan fingerprint density at radius 1 is 1.15 bits per heavy atom. The molecule has 0 heterocycles. The van der Waals surface area contributed by atoms with Crippen molar-refractivity contribution in [3.8, 4) is 0 Å². The molecule has 1 saturated carbocycles. The van der Waals surface area contributed by atoms with E-state index < -0.39 is 22.7 Å². The van der Waals surface area contributed by atoms with Crippen molar-refractivity contribution in [2.45, 2.75) is 19.3 Å². The van der Waals surface area contributed by atoms with Crippen molar-refractivity contribution < 1.29 is 14.7 Å². The molecule has 0 aromatic heterocycles. The van der Waals surface area contributed by atoms with Crippen molar-refractivity contribution in [1.82, 2.24) is 0 Å². The second kappa shape index (κ2) is 3.92. The molecule has 0 spiro atoms. The third kappa shape index (κ3) is 1.35. The molecule has 3 heteroatoms. The van der Waals surface area contributed by atoms with Gasteiger partial charge in [-0.25, -0.2) is 0 Å². The second-order valence-corrected chi connectivity index (χ2v) is 6.01. The van der Waals surface area contributed by atoms with Crippen LogP contribution in [0.2, 0.25) is 0 Å². The summed E-state index contributed by atoms with van der Waals surface area (Å²) in [5, 5.41) is 11.4. The highest BCUT2D eigenvalue weighted by Crippen LogP contribution is 2.69. The fraction of sp³-hybridized carbons (Fsp3) is 0.294. The molecule has 1 aliphatic rings. The zero-order chi connectivity index (χ0) is 14.5. The lowest BCUT2D eigenvalue weighted by Crippen LogP contribution is -2.19. The van der Waals surface area contributed by atoms with E-state index in [4.69, 9.17) is 0 Å². The van der Waals surface area contributed by atoms with Crippen molar-refractivity contribution in [2.75, 3.05) is 0 Å². The first-order chi connectivity index (χ1) is 9.46. The fourth-order valence-corrected chi connectivity index (χ4v) is 3.67. The Morgan fingerprint density at radius 3 is 2.40 bits per heavy atom. The summed E-state index contributed by atoms with van der Waals surface area (Å²) in [6.45, 7) is 3.70. The van der Waals surface area contributed by atoms with Crippen LogP contribution in [0.15, 0.2) is 42.5 Å². The maximum atomic E-state index is 11.8. The molecule has 0 bridgehead atoms. The van der Waals surface area contributed by atoms with Crippen molar-refractivity contribution in [2.24, 2.45) is 11.3 Å². The van der Waals surface area contributed by atoms with Crippen LogP contribution in [0.5, 0.6) is 0 Å². The van der Waals surface area contributed by atoms with Crippen LogP contribution >= 0.6 is 0 Å². The van der Waals surface area contributed by atoms with Crippen LogP contribution < -0.4 is 0 Å². The van der Waals surface area contributed by atoms with Crippen LogP contribution in [-0.4, -0.2) is 17.4 Å². The number of hydrogen-bond donors (Lipinski definition) is 1. The Bertz CT molecular complexity index is 712. The van der Waals surface area contributed by atoms with E-state index in [9.17, 15) is 14.7 Å². The lowest BCUT2D eigenvalue weighted by atomic mass is 9.85. The van der Waals surface area contributed by atoms with Gasteiger partial charge in [0.1, 0.15) is 6.29 Å². The highest BCUT2D eigenvalue weighted by Gasteiger charge is 2.76. The number of fused-ring (bicyclic) bond motifs is 1. The molecule has 3 rings (SSSR count). The molecule has 1 N–H and O–H groups in total. The van der Waals surface area contributed by atoms with Gasteiger partial charge in [0.05, 0.1) is 11.3 Å². The number of carbonyl (C=O) groups is 2. The summed E-state index contributed by atoms with van der Waals surface area (Å²) in [5.41, 5.74) is -0.673. The summed E-state index contributed by atoms with van der Waals surface area (Å²) in [6, 6.07) is 13.5. The monoisotopic (exact) mass is 268 g/mol. The van der Waals surface area contributed by atoms with E-state index in [-0.39, 0.29) is 0 Å². The van der Waals surface area contributed by atoms with Crippen molar-refractivity contribution in [3.63, 3.8) is 0 Å². The molecular formula is C17H16O3. The average molecular weight is 268 g/mol. The molecule has 102 valence electrons. The Labute approximate surface area is 117 Å². The number of benzene rings is 2. The van der Waals surface area contributed by atoms with Gasteiger partial charge in [-0.1, -0.05) is 56.3 Å². The van der Waals surface area contributed by atoms with E-state index in [1.165, 1.54) is 0 Å². The van der Waals surface area contributed by atoms with Crippen molar-refractivity contribution in [1.29, 1.82) is 0 Å². The van der Waals surface area contributed by atoms with E-state index in [0.717, 1.165) is 22.6 Å². The Balaban J connectivity index is 2.30. The zero-order valence-corrected chi connectivity index (χ0v) is 11.5. The highest BCUT2D eigenvalue weighted by atomic mass is 16.4. The molecule has 1 aliphatic carbocycles. The molecule has 1 fully saturated rings. The second-order valence-electron chi connectivity index (χ2n) is 6.01. The standard InChI is InChI=1S/C17H16O3/c1-16(2)14(15(19)20)17(16,10-18)13-9-5-7-11-6-3-4-8-12(11)13/h3-10,14H,1-2H3,(H,19,20). The van der Waals surface area contributed by atoms with Gasteiger partial charge in [0.25, 0.3) is 0 Å². The number of carbonyl (C=O) groups excluding carboxylic acids is 1. The van der Waals surface area contributed by atoms with Gasteiger partial charge in [0.2, 0.25) is 0 Å². The van der Waals surface area contributed by atoms with Crippen LogP contribution in [0.3, 0.4) is 0 Å². The lowest BCUT2D eigenvalue weighted by molar-refractivity contribution is -0.140.